The second-order valence-electron chi connectivity index (χ2n) is 4.02. The van der Waals surface area contributed by atoms with Gasteiger partial charge < -0.3 is 10.0 Å². The number of nitrogens with zero attached hydrogens (tertiary/aromatic N) is 1. The lowest BCUT2D eigenvalue weighted by atomic mass is 10.2. The van der Waals surface area contributed by atoms with E-state index < -0.39 is 12.0 Å². The first kappa shape index (κ1) is 13.4. The van der Waals surface area contributed by atoms with Crippen LogP contribution in [0.5, 0.6) is 0 Å². The molecule has 0 radical (unpaired) electrons. The van der Waals surface area contributed by atoms with Gasteiger partial charge in [-0.15, -0.1) is 11.8 Å². The number of carbonyl (C=O) groups excluding carboxylic acids is 1. The van der Waals surface area contributed by atoms with Crippen LogP contribution in [0.4, 0.5) is 0 Å². The molecule has 0 spiro atoms. The number of carboxylic acid groups (broad SMARTS) is 1. The highest BCUT2D eigenvalue weighted by atomic mass is 79.9. The third-order valence-electron chi connectivity index (χ3n) is 2.78. The minimum Gasteiger partial charge on any atom is -0.480 e. The van der Waals surface area contributed by atoms with Crippen LogP contribution in [-0.2, 0) is 9.59 Å². The number of thioether (sulfide) groups is 1. The summed E-state index contributed by atoms with van der Waals surface area (Å²) in [5.74, 6) is -0.737. The number of hydrogen-bond donors (Lipinski definition) is 1. The van der Waals surface area contributed by atoms with Gasteiger partial charge in [0.2, 0.25) is 5.91 Å². The lowest BCUT2D eigenvalue weighted by Crippen LogP contribution is -2.41. The number of rotatable bonds is 2. The zero-order chi connectivity index (χ0) is 13.3. The second kappa shape index (κ2) is 5.32. The number of aliphatic carboxylic acids is 1. The quantitative estimate of drug-likeness (QED) is 0.905. The van der Waals surface area contributed by atoms with E-state index in [9.17, 15) is 9.59 Å². The standard InChI is InChI=1S/C12H12BrNO3S/c1-7(15)14-10(12(16)17)6-18-11(14)8-3-2-4-9(13)5-8/h2-5,10-11H,6H2,1H3,(H,16,17). The van der Waals surface area contributed by atoms with Crippen LogP contribution in [0.2, 0.25) is 0 Å². The summed E-state index contributed by atoms with van der Waals surface area (Å²) in [5, 5.41) is 8.91. The molecule has 96 valence electrons. The predicted octanol–water partition coefficient (Wildman–Crippen LogP) is 2.50. The van der Waals surface area contributed by atoms with Crippen LogP contribution in [0.3, 0.4) is 0 Å². The molecule has 1 amide bonds. The Morgan fingerprint density at radius 3 is 2.78 bits per heavy atom. The number of carbonyl (C=O) groups is 2. The molecule has 0 bridgehead atoms. The molecule has 18 heavy (non-hydrogen) atoms. The number of amides is 1. The van der Waals surface area contributed by atoms with E-state index in [-0.39, 0.29) is 11.3 Å². The van der Waals surface area contributed by atoms with Gasteiger partial charge in [-0.2, -0.15) is 0 Å². The van der Waals surface area contributed by atoms with E-state index in [4.69, 9.17) is 5.11 Å². The molecule has 1 N–H and O–H groups in total. The van der Waals surface area contributed by atoms with E-state index in [1.54, 1.807) is 0 Å². The van der Waals surface area contributed by atoms with Gasteiger partial charge in [-0.1, -0.05) is 28.1 Å². The van der Waals surface area contributed by atoms with Crippen molar-refractivity contribution in [2.24, 2.45) is 0 Å². The molecule has 4 nitrogen and oxygen atoms in total. The minimum atomic E-state index is -0.949. The zero-order valence-electron chi connectivity index (χ0n) is 9.67. The topological polar surface area (TPSA) is 57.6 Å². The summed E-state index contributed by atoms with van der Waals surface area (Å²) in [6.45, 7) is 1.41. The molecule has 1 aliphatic heterocycles. The Kier molecular flexibility index (Phi) is 3.97. The van der Waals surface area contributed by atoms with Crippen molar-refractivity contribution in [3.05, 3.63) is 34.3 Å². The normalized spacial score (nSPS) is 23.1. The highest BCUT2D eigenvalue weighted by Crippen LogP contribution is 2.41. The summed E-state index contributed by atoms with van der Waals surface area (Å²) < 4.78 is 0.919. The average Bonchev–Trinajstić information content (AvgIpc) is 2.73. The SMILES string of the molecule is CC(=O)N1C(C(=O)O)CSC1c1cccc(Br)c1. The maximum atomic E-state index is 11.7. The smallest absolute Gasteiger partial charge is 0.327 e. The first-order valence-electron chi connectivity index (χ1n) is 5.39. The summed E-state index contributed by atoms with van der Waals surface area (Å²) in [7, 11) is 0. The Morgan fingerprint density at radius 1 is 1.50 bits per heavy atom. The highest BCUT2D eigenvalue weighted by molar-refractivity contribution is 9.10. The van der Waals surface area contributed by atoms with Gasteiger partial charge in [0.25, 0.3) is 0 Å². The van der Waals surface area contributed by atoms with Crippen molar-refractivity contribution >= 4 is 39.6 Å². The van der Waals surface area contributed by atoms with Gasteiger partial charge in [0.15, 0.2) is 0 Å². The van der Waals surface area contributed by atoms with Crippen LogP contribution in [0.25, 0.3) is 0 Å². The van der Waals surface area contributed by atoms with Crippen molar-refractivity contribution in [1.82, 2.24) is 4.90 Å². The lowest BCUT2D eigenvalue weighted by molar-refractivity contribution is -0.148. The fourth-order valence-electron chi connectivity index (χ4n) is 2.00. The van der Waals surface area contributed by atoms with E-state index in [1.807, 2.05) is 24.3 Å². The van der Waals surface area contributed by atoms with E-state index in [1.165, 1.54) is 23.6 Å². The molecule has 6 heteroatoms. The maximum Gasteiger partial charge on any atom is 0.327 e. The van der Waals surface area contributed by atoms with Crippen molar-refractivity contribution in [3.8, 4) is 0 Å². The Balaban J connectivity index is 2.33. The van der Waals surface area contributed by atoms with Crippen molar-refractivity contribution in [1.29, 1.82) is 0 Å². The van der Waals surface area contributed by atoms with Crippen LogP contribution >= 0.6 is 27.7 Å². The van der Waals surface area contributed by atoms with E-state index in [0.29, 0.717) is 5.75 Å². The van der Waals surface area contributed by atoms with Crippen LogP contribution < -0.4 is 0 Å². The van der Waals surface area contributed by atoms with Crippen LogP contribution in [-0.4, -0.2) is 33.7 Å². The van der Waals surface area contributed by atoms with Gasteiger partial charge in [0.1, 0.15) is 11.4 Å². The average molecular weight is 330 g/mol. The van der Waals surface area contributed by atoms with Crippen LogP contribution in [0, 0.1) is 0 Å². The molecular formula is C12H12BrNO3S. The van der Waals surface area contributed by atoms with Crippen LogP contribution in [0.1, 0.15) is 17.9 Å². The molecule has 2 unspecified atom stereocenters. The Morgan fingerprint density at radius 2 is 2.22 bits per heavy atom. The molecule has 1 fully saturated rings. The predicted molar refractivity (Wildman–Crippen MR) is 73.3 cm³/mol. The zero-order valence-corrected chi connectivity index (χ0v) is 12.1. The first-order chi connectivity index (χ1) is 8.50. The maximum absolute atomic E-state index is 11.7. The molecule has 1 heterocycles. The van der Waals surface area contributed by atoms with E-state index in [0.717, 1.165) is 10.0 Å². The number of benzene rings is 1. The fourth-order valence-corrected chi connectivity index (χ4v) is 3.88. The van der Waals surface area contributed by atoms with Crippen molar-refractivity contribution in [2.45, 2.75) is 18.3 Å². The number of hydrogen-bond acceptors (Lipinski definition) is 3. The second-order valence-corrected chi connectivity index (χ2v) is 6.05. The van der Waals surface area contributed by atoms with E-state index >= 15 is 0 Å². The minimum absolute atomic E-state index is 0.211. The summed E-state index contributed by atoms with van der Waals surface area (Å²) in [4.78, 5) is 24.3. The van der Waals surface area contributed by atoms with Gasteiger partial charge in [-0.25, -0.2) is 4.79 Å². The Bertz CT molecular complexity index is 494. The summed E-state index contributed by atoms with van der Waals surface area (Å²) in [5.41, 5.74) is 0.938. The van der Waals surface area contributed by atoms with Gasteiger partial charge in [-0.3, -0.25) is 4.79 Å². The van der Waals surface area contributed by atoms with Gasteiger partial charge in [0.05, 0.1) is 0 Å². The Labute approximate surface area is 117 Å². The monoisotopic (exact) mass is 329 g/mol. The largest absolute Gasteiger partial charge is 0.480 e. The van der Waals surface area contributed by atoms with Crippen LogP contribution in [0.15, 0.2) is 28.7 Å². The summed E-state index contributed by atoms with van der Waals surface area (Å²) >= 11 is 4.86. The molecule has 1 aromatic rings. The lowest BCUT2D eigenvalue weighted by Gasteiger charge is -2.26. The third-order valence-corrected chi connectivity index (χ3v) is 4.60. The molecule has 1 aliphatic rings. The van der Waals surface area contributed by atoms with Gasteiger partial charge >= 0.3 is 5.97 Å². The van der Waals surface area contributed by atoms with Gasteiger partial charge in [0, 0.05) is 17.1 Å². The Hall–Kier alpha value is -1.01. The van der Waals surface area contributed by atoms with E-state index in [2.05, 4.69) is 15.9 Å². The molecule has 0 saturated carbocycles. The molecule has 2 atom stereocenters. The number of halogens is 1. The van der Waals surface area contributed by atoms with Crippen molar-refractivity contribution < 1.29 is 14.7 Å². The molecule has 1 saturated heterocycles. The molecule has 0 aromatic heterocycles. The molecular weight excluding hydrogens is 318 g/mol. The number of carboxylic acids is 1. The van der Waals surface area contributed by atoms with Crippen molar-refractivity contribution in [3.63, 3.8) is 0 Å². The fraction of sp³-hybridized carbons (Fsp3) is 0.333. The molecule has 2 rings (SSSR count). The third kappa shape index (κ3) is 2.54. The molecule has 0 aliphatic carbocycles. The first-order valence-corrected chi connectivity index (χ1v) is 7.23. The molecule has 1 aromatic carbocycles. The van der Waals surface area contributed by atoms with Crippen molar-refractivity contribution in [2.75, 3.05) is 5.75 Å². The summed E-state index contributed by atoms with van der Waals surface area (Å²) in [6, 6.07) is 6.86. The highest BCUT2D eigenvalue weighted by Gasteiger charge is 2.40. The summed E-state index contributed by atoms with van der Waals surface area (Å²) in [6.07, 6.45) is 0. The van der Waals surface area contributed by atoms with Gasteiger partial charge in [-0.05, 0) is 17.7 Å².